The first kappa shape index (κ1) is 24.9. The number of carbonyl (C=O) groups is 2. The highest BCUT2D eigenvalue weighted by Crippen LogP contribution is 2.42. The van der Waals surface area contributed by atoms with Crippen molar-refractivity contribution in [3.63, 3.8) is 0 Å². The molecule has 1 aromatic carbocycles. The van der Waals surface area contributed by atoms with Crippen molar-refractivity contribution in [2.45, 2.75) is 71.1 Å². The van der Waals surface area contributed by atoms with Crippen molar-refractivity contribution < 1.29 is 9.59 Å². The quantitative estimate of drug-likeness (QED) is 0.530. The number of piperazine rings is 1. The van der Waals surface area contributed by atoms with Crippen LogP contribution in [-0.4, -0.2) is 73.5 Å². The van der Waals surface area contributed by atoms with Crippen LogP contribution in [0.3, 0.4) is 0 Å². The average molecular weight is 516 g/mol. The molecule has 0 spiro atoms. The number of H-pyrrole nitrogens is 1. The van der Waals surface area contributed by atoms with Gasteiger partial charge in [-0.15, -0.1) is 0 Å². The molecule has 6 rings (SSSR count). The van der Waals surface area contributed by atoms with Crippen molar-refractivity contribution in [3.05, 3.63) is 53.3 Å². The van der Waals surface area contributed by atoms with E-state index in [9.17, 15) is 9.59 Å². The smallest absolute Gasteiger partial charge is 0.319 e. The summed E-state index contributed by atoms with van der Waals surface area (Å²) >= 11 is 0. The Kier molecular flexibility index (Phi) is 6.13. The molecule has 3 aliphatic rings. The normalized spacial score (nSPS) is 22.7. The number of nitrogens with one attached hydrogen (secondary N) is 2. The lowest BCUT2D eigenvalue weighted by molar-refractivity contribution is 0.0335. The SMILES string of the molecule is CC(C)C[C@H]1CN2CCCC2CN1C(=O)N1Cc2c(NC(=O)c3ccc4ccccc4n3)n[nH]c2C1(C)C. The summed E-state index contributed by atoms with van der Waals surface area (Å²) in [4.78, 5) is 38.4. The Balaban J connectivity index is 1.23. The fourth-order valence-electron chi connectivity index (χ4n) is 6.51. The van der Waals surface area contributed by atoms with Crippen LogP contribution in [0.2, 0.25) is 0 Å². The van der Waals surface area contributed by atoms with Gasteiger partial charge < -0.3 is 15.1 Å². The van der Waals surface area contributed by atoms with Gasteiger partial charge in [-0.25, -0.2) is 9.78 Å². The maximum absolute atomic E-state index is 14.1. The van der Waals surface area contributed by atoms with Crippen LogP contribution in [0.15, 0.2) is 36.4 Å². The van der Waals surface area contributed by atoms with Gasteiger partial charge in [0.15, 0.2) is 5.82 Å². The number of anilines is 1. The second-order valence-corrected chi connectivity index (χ2v) is 11.9. The lowest BCUT2D eigenvalue weighted by Gasteiger charge is -2.47. The predicted octanol–water partition coefficient (Wildman–Crippen LogP) is 4.58. The minimum absolute atomic E-state index is 0.0743. The lowest BCUT2D eigenvalue weighted by atomic mass is 9.97. The first-order valence-corrected chi connectivity index (χ1v) is 13.8. The molecular weight excluding hydrogens is 478 g/mol. The van der Waals surface area contributed by atoms with Crippen LogP contribution in [0.1, 0.15) is 68.7 Å². The van der Waals surface area contributed by atoms with Crippen molar-refractivity contribution in [3.8, 4) is 0 Å². The summed E-state index contributed by atoms with van der Waals surface area (Å²) in [6.07, 6.45) is 3.36. The van der Waals surface area contributed by atoms with Crippen LogP contribution in [0.5, 0.6) is 0 Å². The molecule has 0 radical (unpaired) electrons. The summed E-state index contributed by atoms with van der Waals surface area (Å²) in [6, 6.07) is 12.1. The van der Waals surface area contributed by atoms with E-state index in [2.05, 4.69) is 58.0 Å². The van der Waals surface area contributed by atoms with Crippen molar-refractivity contribution in [2.75, 3.05) is 25.0 Å². The summed E-state index contributed by atoms with van der Waals surface area (Å²) in [5, 5.41) is 11.5. The van der Waals surface area contributed by atoms with Crippen LogP contribution in [0, 0.1) is 5.92 Å². The Bertz CT molecular complexity index is 1380. The molecule has 2 atom stereocenters. The Morgan fingerprint density at radius 1 is 1.16 bits per heavy atom. The molecule has 0 aliphatic carbocycles. The van der Waals surface area contributed by atoms with Gasteiger partial charge >= 0.3 is 6.03 Å². The van der Waals surface area contributed by atoms with E-state index in [0.717, 1.165) is 54.6 Å². The van der Waals surface area contributed by atoms with Crippen LogP contribution >= 0.6 is 0 Å². The summed E-state index contributed by atoms with van der Waals surface area (Å²) in [6.45, 7) is 11.8. The molecule has 3 amide bonds. The van der Waals surface area contributed by atoms with Crippen LogP contribution in [0.25, 0.3) is 10.9 Å². The van der Waals surface area contributed by atoms with E-state index < -0.39 is 5.54 Å². The third-order valence-electron chi connectivity index (χ3n) is 8.55. The van der Waals surface area contributed by atoms with E-state index in [1.54, 1.807) is 6.07 Å². The summed E-state index contributed by atoms with van der Waals surface area (Å²) in [5.74, 6) is 0.660. The van der Waals surface area contributed by atoms with Gasteiger partial charge in [0, 0.05) is 36.1 Å². The Labute approximate surface area is 223 Å². The third-order valence-corrected chi connectivity index (χ3v) is 8.55. The standard InChI is InChI=1S/C29H37N7O2/c1-18(2)14-21-15-34-13-7-9-20(34)16-35(21)28(38)36-17-22-25(29(36,3)4)32-33-26(22)31-27(37)24-12-11-19-8-5-6-10-23(19)30-24/h5-6,8,10-12,18,20-21H,7,9,13-17H2,1-4H3,(H2,31,32,33,37)/t20?,21-/m0/s1. The Morgan fingerprint density at radius 3 is 2.79 bits per heavy atom. The highest BCUT2D eigenvalue weighted by atomic mass is 16.2. The molecule has 1 unspecified atom stereocenters. The van der Waals surface area contributed by atoms with E-state index >= 15 is 0 Å². The van der Waals surface area contributed by atoms with E-state index in [-0.39, 0.29) is 18.0 Å². The van der Waals surface area contributed by atoms with Crippen molar-refractivity contribution in [1.82, 2.24) is 29.9 Å². The summed E-state index contributed by atoms with van der Waals surface area (Å²) in [5.41, 5.74) is 2.25. The van der Waals surface area contributed by atoms with Crippen molar-refractivity contribution in [2.24, 2.45) is 5.92 Å². The molecule has 2 aromatic heterocycles. The van der Waals surface area contributed by atoms with Gasteiger partial charge in [0.05, 0.1) is 23.3 Å². The van der Waals surface area contributed by atoms with Gasteiger partial charge in [0.1, 0.15) is 5.69 Å². The van der Waals surface area contributed by atoms with Crippen molar-refractivity contribution >= 4 is 28.7 Å². The maximum atomic E-state index is 14.1. The number of rotatable bonds is 4. The van der Waals surface area contributed by atoms with Crippen molar-refractivity contribution in [1.29, 1.82) is 0 Å². The number of aromatic amines is 1. The number of fused-ring (bicyclic) bond motifs is 3. The first-order valence-electron chi connectivity index (χ1n) is 13.8. The second-order valence-electron chi connectivity index (χ2n) is 11.9. The number of aromatic nitrogens is 3. The lowest BCUT2D eigenvalue weighted by Crippen LogP contribution is -2.61. The molecule has 5 heterocycles. The molecule has 9 heteroatoms. The molecule has 2 saturated heterocycles. The molecule has 9 nitrogen and oxygen atoms in total. The predicted molar refractivity (Wildman–Crippen MR) is 147 cm³/mol. The van der Waals surface area contributed by atoms with Crippen LogP contribution < -0.4 is 5.32 Å². The minimum Gasteiger partial charge on any atom is -0.319 e. The number of nitrogens with zero attached hydrogens (tertiary/aromatic N) is 5. The summed E-state index contributed by atoms with van der Waals surface area (Å²) in [7, 11) is 0. The van der Waals surface area contributed by atoms with Crippen LogP contribution in [0.4, 0.5) is 10.6 Å². The van der Waals surface area contributed by atoms with Gasteiger partial charge in [0.2, 0.25) is 0 Å². The average Bonchev–Trinajstić information content (AvgIpc) is 3.58. The van der Waals surface area contributed by atoms with Crippen LogP contribution in [-0.2, 0) is 12.1 Å². The third kappa shape index (κ3) is 4.22. The summed E-state index contributed by atoms with van der Waals surface area (Å²) < 4.78 is 0. The number of benzene rings is 1. The van der Waals surface area contributed by atoms with Gasteiger partial charge in [0.25, 0.3) is 5.91 Å². The number of para-hydroxylation sites is 1. The van der Waals surface area contributed by atoms with E-state index in [1.165, 1.54) is 6.42 Å². The largest absolute Gasteiger partial charge is 0.321 e. The molecule has 0 saturated carbocycles. The van der Waals surface area contributed by atoms with E-state index in [4.69, 9.17) is 0 Å². The first-order chi connectivity index (χ1) is 18.2. The Morgan fingerprint density at radius 2 is 1.97 bits per heavy atom. The molecule has 3 aromatic rings. The van der Waals surface area contributed by atoms with E-state index in [0.29, 0.717) is 30.0 Å². The molecule has 2 fully saturated rings. The number of amides is 3. The van der Waals surface area contributed by atoms with Gasteiger partial charge in [-0.05, 0) is 57.7 Å². The number of hydrogen-bond donors (Lipinski definition) is 2. The number of hydrogen-bond acceptors (Lipinski definition) is 5. The fourth-order valence-corrected chi connectivity index (χ4v) is 6.51. The molecule has 0 bridgehead atoms. The molecule has 3 aliphatic heterocycles. The zero-order chi connectivity index (χ0) is 26.6. The van der Waals surface area contributed by atoms with Gasteiger partial charge in [-0.2, -0.15) is 5.10 Å². The molecule has 2 N–H and O–H groups in total. The topological polar surface area (TPSA) is 97.5 Å². The highest BCUT2D eigenvalue weighted by molar-refractivity contribution is 6.04. The minimum atomic E-state index is -0.571. The Hall–Kier alpha value is -3.46. The zero-order valence-electron chi connectivity index (χ0n) is 22.7. The van der Waals surface area contributed by atoms with Gasteiger partial charge in [-0.1, -0.05) is 38.1 Å². The zero-order valence-corrected chi connectivity index (χ0v) is 22.7. The monoisotopic (exact) mass is 515 g/mol. The number of pyridine rings is 1. The molecular formula is C29H37N7O2. The second kappa shape index (κ2) is 9.38. The number of urea groups is 1. The maximum Gasteiger partial charge on any atom is 0.321 e. The fraction of sp³-hybridized carbons (Fsp3) is 0.517. The molecule has 200 valence electrons. The van der Waals surface area contributed by atoms with Gasteiger partial charge in [-0.3, -0.25) is 14.8 Å². The molecule has 38 heavy (non-hydrogen) atoms. The number of carbonyl (C=O) groups excluding carboxylic acids is 2. The highest BCUT2D eigenvalue weighted by Gasteiger charge is 2.48. The van der Waals surface area contributed by atoms with E-state index in [1.807, 2.05) is 35.2 Å².